The molecule has 1 aliphatic heterocycles. The third kappa shape index (κ3) is 2.42. The molecule has 2 N–H and O–H groups in total. The molecular formula is C11H18N2. The van der Waals surface area contributed by atoms with Gasteiger partial charge in [-0.2, -0.15) is 0 Å². The molecule has 1 unspecified atom stereocenters. The molecule has 0 aromatic heterocycles. The molecule has 1 atom stereocenters. The molecule has 72 valence electrons. The summed E-state index contributed by atoms with van der Waals surface area (Å²) in [5, 5.41) is 0. The molecule has 0 aromatic carbocycles. The smallest absolute Gasteiger partial charge is 0.0231 e. The lowest BCUT2D eigenvalue weighted by atomic mass is 10.1. The monoisotopic (exact) mass is 178 g/mol. The molecule has 1 saturated heterocycles. The average Bonchev–Trinajstić information content (AvgIpc) is 2.53. The van der Waals surface area contributed by atoms with Crippen molar-refractivity contribution in [3.05, 3.63) is 23.8 Å². The first kappa shape index (κ1) is 8.97. The van der Waals surface area contributed by atoms with Crippen molar-refractivity contribution in [2.75, 3.05) is 19.6 Å². The van der Waals surface area contributed by atoms with Gasteiger partial charge in [-0.3, -0.25) is 4.90 Å². The molecule has 2 aliphatic rings. The Morgan fingerprint density at radius 3 is 3.00 bits per heavy atom. The summed E-state index contributed by atoms with van der Waals surface area (Å²) in [4.78, 5) is 2.45. The summed E-state index contributed by atoms with van der Waals surface area (Å²) < 4.78 is 0. The van der Waals surface area contributed by atoms with Crippen LogP contribution in [0.3, 0.4) is 0 Å². The minimum atomic E-state index is 0.410. The summed E-state index contributed by atoms with van der Waals surface area (Å²) in [6.45, 7) is 3.35. The molecule has 0 amide bonds. The maximum atomic E-state index is 5.85. The van der Waals surface area contributed by atoms with E-state index in [-0.39, 0.29) is 0 Å². The zero-order chi connectivity index (χ0) is 9.10. The SMILES string of the molecule is NC1CCN(CC2=CCCC=C2)C1. The van der Waals surface area contributed by atoms with Gasteiger partial charge in [-0.25, -0.2) is 0 Å². The molecular weight excluding hydrogens is 160 g/mol. The first-order chi connectivity index (χ1) is 6.34. The molecule has 0 spiro atoms. The highest BCUT2D eigenvalue weighted by Gasteiger charge is 2.18. The van der Waals surface area contributed by atoms with E-state index < -0.39 is 0 Å². The fourth-order valence-corrected chi connectivity index (χ4v) is 2.05. The highest BCUT2D eigenvalue weighted by molar-refractivity contribution is 5.23. The van der Waals surface area contributed by atoms with Crippen LogP contribution in [-0.2, 0) is 0 Å². The molecule has 0 saturated carbocycles. The normalized spacial score (nSPS) is 29.3. The Balaban J connectivity index is 1.84. The molecule has 2 heteroatoms. The Labute approximate surface area is 80.1 Å². The van der Waals surface area contributed by atoms with Crippen molar-refractivity contribution in [2.45, 2.75) is 25.3 Å². The van der Waals surface area contributed by atoms with Gasteiger partial charge >= 0.3 is 0 Å². The standard InChI is InChI=1S/C11H18N2/c12-11-6-7-13(9-11)8-10-4-2-1-3-5-10/h2,4-5,11H,1,3,6-9,12H2. The highest BCUT2D eigenvalue weighted by atomic mass is 15.2. The third-order valence-corrected chi connectivity index (χ3v) is 2.79. The van der Waals surface area contributed by atoms with Gasteiger partial charge in [0.25, 0.3) is 0 Å². The van der Waals surface area contributed by atoms with E-state index in [1.54, 1.807) is 0 Å². The Morgan fingerprint density at radius 1 is 1.46 bits per heavy atom. The van der Waals surface area contributed by atoms with Gasteiger partial charge in [0.1, 0.15) is 0 Å². The van der Waals surface area contributed by atoms with Gasteiger partial charge in [0, 0.05) is 25.7 Å². The van der Waals surface area contributed by atoms with Crippen LogP contribution in [0.1, 0.15) is 19.3 Å². The minimum Gasteiger partial charge on any atom is -0.326 e. The first-order valence-electron chi connectivity index (χ1n) is 5.18. The lowest BCUT2D eigenvalue weighted by Crippen LogP contribution is -2.28. The third-order valence-electron chi connectivity index (χ3n) is 2.79. The Morgan fingerprint density at radius 2 is 2.38 bits per heavy atom. The van der Waals surface area contributed by atoms with Crippen LogP contribution in [0.2, 0.25) is 0 Å². The molecule has 13 heavy (non-hydrogen) atoms. The number of allylic oxidation sites excluding steroid dienone is 2. The van der Waals surface area contributed by atoms with Crippen molar-refractivity contribution < 1.29 is 0 Å². The predicted molar refractivity (Wildman–Crippen MR) is 55.5 cm³/mol. The van der Waals surface area contributed by atoms with Crippen molar-refractivity contribution in [2.24, 2.45) is 5.73 Å². The van der Waals surface area contributed by atoms with E-state index in [0.29, 0.717) is 6.04 Å². The lowest BCUT2D eigenvalue weighted by Gasteiger charge is -2.17. The van der Waals surface area contributed by atoms with Gasteiger partial charge in [-0.15, -0.1) is 0 Å². The maximum absolute atomic E-state index is 5.85. The molecule has 0 radical (unpaired) electrons. The van der Waals surface area contributed by atoms with Crippen LogP contribution in [0, 0.1) is 0 Å². The Bertz CT molecular complexity index is 230. The quantitative estimate of drug-likeness (QED) is 0.690. The van der Waals surface area contributed by atoms with Crippen LogP contribution in [0.5, 0.6) is 0 Å². The Hall–Kier alpha value is -0.600. The van der Waals surface area contributed by atoms with Crippen LogP contribution >= 0.6 is 0 Å². The van der Waals surface area contributed by atoms with Crippen molar-refractivity contribution in [3.8, 4) is 0 Å². The maximum Gasteiger partial charge on any atom is 0.0231 e. The van der Waals surface area contributed by atoms with Gasteiger partial charge in [-0.05, 0) is 24.8 Å². The summed E-state index contributed by atoms with van der Waals surface area (Å²) in [5.41, 5.74) is 7.32. The Kier molecular flexibility index (Phi) is 2.81. The van der Waals surface area contributed by atoms with Crippen molar-refractivity contribution in [1.82, 2.24) is 4.90 Å². The first-order valence-corrected chi connectivity index (χ1v) is 5.18. The summed E-state index contributed by atoms with van der Waals surface area (Å²) in [7, 11) is 0. The molecule has 0 bridgehead atoms. The van der Waals surface area contributed by atoms with Crippen molar-refractivity contribution >= 4 is 0 Å². The number of rotatable bonds is 2. The highest BCUT2D eigenvalue weighted by Crippen LogP contribution is 2.14. The molecule has 0 aromatic rings. The van der Waals surface area contributed by atoms with Crippen molar-refractivity contribution in [1.29, 1.82) is 0 Å². The fraction of sp³-hybridized carbons (Fsp3) is 0.636. The summed E-state index contributed by atoms with van der Waals surface area (Å²) in [5.74, 6) is 0. The lowest BCUT2D eigenvalue weighted by molar-refractivity contribution is 0.365. The van der Waals surface area contributed by atoms with E-state index in [4.69, 9.17) is 5.73 Å². The number of nitrogens with two attached hydrogens (primary N) is 1. The van der Waals surface area contributed by atoms with Gasteiger partial charge in [0.05, 0.1) is 0 Å². The molecule has 1 fully saturated rings. The van der Waals surface area contributed by atoms with Crippen LogP contribution in [-0.4, -0.2) is 30.6 Å². The second-order valence-corrected chi connectivity index (χ2v) is 4.04. The van der Waals surface area contributed by atoms with Gasteiger partial charge in [0.2, 0.25) is 0 Å². The topological polar surface area (TPSA) is 29.3 Å². The van der Waals surface area contributed by atoms with Gasteiger partial charge < -0.3 is 5.73 Å². The van der Waals surface area contributed by atoms with Crippen LogP contribution in [0.15, 0.2) is 23.8 Å². The molecule has 1 aliphatic carbocycles. The minimum absolute atomic E-state index is 0.410. The summed E-state index contributed by atoms with van der Waals surface area (Å²) >= 11 is 0. The zero-order valence-corrected chi connectivity index (χ0v) is 8.08. The number of likely N-dealkylation sites (tertiary alicyclic amines) is 1. The largest absolute Gasteiger partial charge is 0.326 e. The molecule has 2 rings (SSSR count). The van der Waals surface area contributed by atoms with E-state index in [1.807, 2.05) is 0 Å². The number of nitrogens with zero attached hydrogens (tertiary/aromatic N) is 1. The number of hydrogen-bond acceptors (Lipinski definition) is 2. The molecule has 1 heterocycles. The van der Waals surface area contributed by atoms with Crippen molar-refractivity contribution in [3.63, 3.8) is 0 Å². The number of hydrogen-bond donors (Lipinski definition) is 1. The van der Waals surface area contributed by atoms with Crippen LogP contribution < -0.4 is 5.73 Å². The summed E-state index contributed by atoms with van der Waals surface area (Å²) in [6.07, 6.45) is 10.5. The van der Waals surface area contributed by atoms with E-state index in [9.17, 15) is 0 Å². The van der Waals surface area contributed by atoms with Gasteiger partial charge in [-0.1, -0.05) is 18.2 Å². The molecule has 2 nitrogen and oxygen atoms in total. The van der Waals surface area contributed by atoms with E-state index in [0.717, 1.165) is 19.5 Å². The van der Waals surface area contributed by atoms with Crippen LogP contribution in [0.4, 0.5) is 0 Å². The fourth-order valence-electron chi connectivity index (χ4n) is 2.05. The average molecular weight is 178 g/mol. The zero-order valence-electron chi connectivity index (χ0n) is 8.08. The van der Waals surface area contributed by atoms with E-state index in [1.165, 1.54) is 25.0 Å². The summed E-state index contributed by atoms with van der Waals surface area (Å²) in [6, 6.07) is 0.410. The van der Waals surface area contributed by atoms with Crippen LogP contribution in [0.25, 0.3) is 0 Å². The van der Waals surface area contributed by atoms with E-state index >= 15 is 0 Å². The predicted octanol–water partition coefficient (Wildman–Crippen LogP) is 1.30. The van der Waals surface area contributed by atoms with Gasteiger partial charge in [0.15, 0.2) is 0 Å². The second kappa shape index (κ2) is 4.07. The second-order valence-electron chi connectivity index (χ2n) is 4.04. The van der Waals surface area contributed by atoms with E-state index in [2.05, 4.69) is 23.1 Å².